The van der Waals surface area contributed by atoms with Crippen molar-refractivity contribution in [3.05, 3.63) is 63.6 Å². The maximum absolute atomic E-state index is 6.18. The number of methoxy groups -OCH3 is 1. The van der Waals surface area contributed by atoms with E-state index in [0.717, 1.165) is 16.9 Å². The van der Waals surface area contributed by atoms with Gasteiger partial charge in [-0.25, -0.2) is 0 Å². The molecule has 2 aromatic carbocycles. The normalized spacial score (nSPS) is 12.2. The molecule has 0 unspecified atom stereocenters. The van der Waals surface area contributed by atoms with Gasteiger partial charge in [-0.05, 0) is 24.6 Å². The fourth-order valence-corrected chi connectivity index (χ4v) is 2.47. The number of nitrogens with one attached hydrogen (secondary N) is 1. The molecule has 2 nitrogen and oxygen atoms in total. The van der Waals surface area contributed by atoms with Crippen LogP contribution in [0, 0.1) is 0 Å². The summed E-state index contributed by atoms with van der Waals surface area (Å²) < 4.78 is 5.37. The number of benzene rings is 2. The SMILES string of the molecule is COc1ccccc1[C@@H](C)NCc1cccc(Cl)c1Cl. The Kier molecular flexibility index (Phi) is 5.30. The van der Waals surface area contributed by atoms with Gasteiger partial charge in [-0.15, -0.1) is 0 Å². The Morgan fingerprint density at radius 2 is 1.85 bits per heavy atom. The molecule has 0 amide bonds. The number of para-hydroxylation sites is 1. The molecule has 4 heteroatoms. The van der Waals surface area contributed by atoms with Crippen LogP contribution in [0.4, 0.5) is 0 Å². The van der Waals surface area contributed by atoms with Crippen LogP contribution in [0.1, 0.15) is 24.1 Å². The fraction of sp³-hybridized carbons (Fsp3) is 0.250. The van der Waals surface area contributed by atoms with Crippen LogP contribution < -0.4 is 10.1 Å². The molecule has 1 atom stereocenters. The minimum atomic E-state index is 0.154. The molecular weight excluding hydrogens is 293 g/mol. The van der Waals surface area contributed by atoms with Gasteiger partial charge in [-0.2, -0.15) is 0 Å². The Hall–Kier alpha value is -1.22. The number of halogens is 2. The summed E-state index contributed by atoms with van der Waals surface area (Å²) in [5.41, 5.74) is 2.11. The first-order valence-corrected chi connectivity index (χ1v) is 7.18. The molecule has 0 heterocycles. The van der Waals surface area contributed by atoms with E-state index < -0.39 is 0 Å². The van der Waals surface area contributed by atoms with Crippen LogP contribution in [0.3, 0.4) is 0 Å². The summed E-state index contributed by atoms with van der Waals surface area (Å²) in [5.74, 6) is 0.879. The standard InChI is InChI=1S/C16H17Cl2NO/c1-11(13-7-3-4-9-15(13)20-2)19-10-12-6-5-8-14(17)16(12)18/h3-9,11,19H,10H2,1-2H3/t11-/m1/s1. The van der Waals surface area contributed by atoms with Crippen molar-refractivity contribution in [1.29, 1.82) is 0 Å². The zero-order valence-corrected chi connectivity index (χ0v) is 13.0. The average molecular weight is 310 g/mol. The largest absolute Gasteiger partial charge is 0.496 e. The van der Waals surface area contributed by atoms with E-state index in [1.807, 2.05) is 30.3 Å². The van der Waals surface area contributed by atoms with Crippen LogP contribution in [0.2, 0.25) is 10.0 Å². The maximum atomic E-state index is 6.18. The summed E-state index contributed by atoms with van der Waals surface area (Å²) in [6.07, 6.45) is 0. The van der Waals surface area contributed by atoms with Crippen LogP contribution in [0.15, 0.2) is 42.5 Å². The highest BCUT2D eigenvalue weighted by Crippen LogP contribution is 2.27. The third-order valence-electron chi connectivity index (χ3n) is 3.24. The summed E-state index contributed by atoms with van der Waals surface area (Å²) >= 11 is 12.2. The number of rotatable bonds is 5. The van der Waals surface area contributed by atoms with Gasteiger partial charge in [0.15, 0.2) is 0 Å². The lowest BCUT2D eigenvalue weighted by molar-refractivity contribution is 0.401. The molecule has 106 valence electrons. The zero-order valence-electron chi connectivity index (χ0n) is 11.5. The first-order valence-electron chi connectivity index (χ1n) is 6.42. The summed E-state index contributed by atoms with van der Waals surface area (Å²) in [6.45, 7) is 2.74. The van der Waals surface area contributed by atoms with Crippen LogP contribution in [-0.2, 0) is 6.54 Å². The molecule has 2 aromatic rings. The molecule has 0 aromatic heterocycles. The van der Waals surface area contributed by atoms with Crippen molar-refractivity contribution in [2.75, 3.05) is 7.11 Å². The molecule has 0 radical (unpaired) electrons. The highest BCUT2D eigenvalue weighted by atomic mass is 35.5. The minimum Gasteiger partial charge on any atom is -0.496 e. The van der Waals surface area contributed by atoms with Crippen molar-refractivity contribution in [3.8, 4) is 5.75 Å². The second-order valence-electron chi connectivity index (χ2n) is 4.56. The zero-order chi connectivity index (χ0) is 14.5. The Bertz CT molecular complexity index is 586. The van der Waals surface area contributed by atoms with Gasteiger partial charge in [0, 0.05) is 18.2 Å². The summed E-state index contributed by atoms with van der Waals surface area (Å²) in [7, 11) is 1.68. The fourth-order valence-electron chi connectivity index (χ4n) is 2.08. The summed E-state index contributed by atoms with van der Waals surface area (Å²) in [5, 5.41) is 4.62. The Balaban J connectivity index is 2.09. The van der Waals surface area contributed by atoms with Gasteiger partial charge in [0.1, 0.15) is 5.75 Å². The molecule has 0 aliphatic carbocycles. The molecule has 2 rings (SSSR count). The van der Waals surface area contributed by atoms with Crippen LogP contribution in [0.5, 0.6) is 5.75 Å². The van der Waals surface area contributed by atoms with Crippen LogP contribution >= 0.6 is 23.2 Å². The van der Waals surface area contributed by atoms with E-state index in [1.165, 1.54) is 0 Å². The molecule has 0 aliphatic rings. The topological polar surface area (TPSA) is 21.3 Å². The van der Waals surface area contributed by atoms with E-state index in [0.29, 0.717) is 16.6 Å². The monoisotopic (exact) mass is 309 g/mol. The van der Waals surface area contributed by atoms with Crippen LogP contribution in [0.25, 0.3) is 0 Å². The highest BCUT2D eigenvalue weighted by Gasteiger charge is 2.11. The van der Waals surface area contributed by atoms with Crippen LogP contribution in [-0.4, -0.2) is 7.11 Å². The van der Waals surface area contributed by atoms with Crippen molar-refractivity contribution in [2.45, 2.75) is 19.5 Å². The molecule has 0 fully saturated rings. The lowest BCUT2D eigenvalue weighted by Crippen LogP contribution is -2.18. The van der Waals surface area contributed by atoms with Gasteiger partial charge >= 0.3 is 0 Å². The van der Waals surface area contributed by atoms with E-state index in [2.05, 4.69) is 18.3 Å². The second-order valence-corrected chi connectivity index (χ2v) is 5.34. The molecule has 0 spiro atoms. The van der Waals surface area contributed by atoms with E-state index in [-0.39, 0.29) is 6.04 Å². The number of ether oxygens (including phenoxy) is 1. The number of hydrogen-bond donors (Lipinski definition) is 1. The highest BCUT2D eigenvalue weighted by molar-refractivity contribution is 6.42. The second kappa shape index (κ2) is 6.98. The first-order chi connectivity index (χ1) is 9.63. The number of hydrogen-bond acceptors (Lipinski definition) is 2. The van der Waals surface area contributed by atoms with Crippen molar-refractivity contribution in [2.24, 2.45) is 0 Å². The third kappa shape index (κ3) is 3.45. The van der Waals surface area contributed by atoms with E-state index >= 15 is 0 Å². The predicted molar refractivity (Wildman–Crippen MR) is 84.7 cm³/mol. The Morgan fingerprint density at radius 3 is 2.60 bits per heavy atom. The molecule has 0 saturated carbocycles. The molecular formula is C16H17Cl2NO. The third-order valence-corrected chi connectivity index (χ3v) is 4.09. The van der Waals surface area contributed by atoms with Gasteiger partial charge in [-0.3, -0.25) is 0 Å². The molecule has 0 bridgehead atoms. The van der Waals surface area contributed by atoms with E-state index in [1.54, 1.807) is 13.2 Å². The van der Waals surface area contributed by atoms with E-state index in [4.69, 9.17) is 27.9 Å². The van der Waals surface area contributed by atoms with Gasteiger partial charge in [-0.1, -0.05) is 53.5 Å². The minimum absolute atomic E-state index is 0.154. The maximum Gasteiger partial charge on any atom is 0.123 e. The van der Waals surface area contributed by atoms with Gasteiger partial charge < -0.3 is 10.1 Å². The quantitative estimate of drug-likeness (QED) is 0.852. The first kappa shape index (κ1) is 15.2. The Morgan fingerprint density at radius 1 is 1.10 bits per heavy atom. The molecule has 20 heavy (non-hydrogen) atoms. The van der Waals surface area contributed by atoms with Crippen molar-refractivity contribution in [3.63, 3.8) is 0 Å². The van der Waals surface area contributed by atoms with Gasteiger partial charge in [0.25, 0.3) is 0 Å². The van der Waals surface area contributed by atoms with Crippen molar-refractivity contribution < 1.29 is 4.74 Å². The molecule has 0 aliphatic heterocycles. The lowest BCUT2D eigenvalue weighted by atomic mass is 10.1. The summed E-state index contributed by atoms with van der Waals surface area (Å²) in [6, 6.07) is 13.8. The molecule has 1 N–H and O–H groups in total. The summed E-state index contributed by atoms with van der Waals surface area (Å²) in [4.78, 5) is 0. The lowest BCUT2D eigenvalue weighted by Gasteiger charge is -2.17. The van der Waals surface area contributed by atoms with Crippen molar-refractivity contribution >= 4 is 23.2 Å². The average Bonchev–Trinajstić information content (AvgIpc) is 2.48. The smallest absolute Gasteiger partial charge is 0.123 e. The van der Waals surface area contributed by atoms with Gasteiger partial charge in [0.05, 0.1) is 17.2 Å². The predicted octanol–water partition coefficient (Wildman–Crippen LogP) is 4.85. The van der Waals surface area contributed by atoms with Crippen molar-refractivity contribution in [1.82, 2.24) is 5.32 Å². The van der Waals surface area contributed by atoms with E-state index in [9.17, 15) is 0 Å². The van der Waals surface area contributed by atoms with Gasteiger partial charge in [0.2, 0.25) is 0 Å². The Labute approximate surface area is 129 Å². The molecule has 0 saturated heterocycles.